The highest BCUT2D eigenvalue weighted by Gasteiger charge is 2.12. The zero-order chi connectivity index (χ0) is 18.0. The van der Waals surface area contributed by atoms with Crippen LogP contribution in [0.15, 0.2) is 41.5 Å². The molecular formula is C17H19N5O3. The van der Waals surface area contributed by atoms with Crippen LogP contribution in [0.1, 0.15) is 13.8 Å². The van der Waals surface area contributed by atoms with Crippen LogP contribution in [0.4, 0.5) is 0 Å². The van der Waals surface area contributed by atoms with Gasteiger partial charge in [0.05, 0.1) is 12.8 Å². The van der Waals surface area contributed by atoms with Crippen LogP contribution in [0.3, 0.4) is 0 Å². The first kappa shape index (κ1) is 16.7. The number of carbonyl (C=O) groups excluding carboxylic acids is 1. The molecule has 0 unspecified atom stereocenters. The van der Waals surface area contributed by atoms with E-state index in [2.05, 4.69) is 15.5 Å². The second-order valence-electron chi connectivity index (χ2n) is 5.90. The molecule has 8 nitrogen and oxygen atoms in total. The smallest absolute Gasteiger partial charge is 0.293 e. The lowest BCUT2D eigenvalue weighted by atomic mass is 10.1. The van der Waals surface area contributed by atoms with Gasteiger partial charge in [-0.25, -0.2) is 9.20 Å². The van der Waals surface area contributed by atoms with E-state index >= 15 is 0 Å². The van der Waals surface area contributed by atoms with Gasteiger partial charge < -0.3 is 10.1 Å². The van der Waals surface area contributed by atoms with Gasteiger partial charge in [-0.1, -0.05) is 0 Å². The van der Waals surface area contributed by atoms with Gasteiger partial charge >= 0.3 is 0 Å². The van der Waals surface area contributed by atoms with E-state index in [9.17, 15) is 9.59 Å². The third-order valence-corrected chi connectivity index (χ3v) is 3.62. The Morgan fingerprint density at radius 2 is 2.00 bits per heavy atom. The van der Waals surface area contributed by atoms with Crippen molar-refractivity contribution in [3.8, 4) is 17.0 Å². The summed E-state index contributed by atoms with van der Waals surface area (Å²) in [6, 6.07) is 9.07. The molecule has 0 aliphatic carbocycles. The molecule has 0 saturated carbocycles. The van der Waals surface area contributed by atoms with Crippen LogP contribution < -0.4 is 15.6 Å². The van der Waals surface area contributed by atoms with Gasteiger partial charge in [-0.05, 0) is 44.2 Å². The first-order valence-electron chi connectivity index (χ1n) is 7.87. The van der Waals surface area contributed by atoms with E-state index in [1.54, 1.807) is 13.2 Å². The number of ether oxygens (including phenoxy) is 1. The van der Waals surface area contributed by atoms with Crippen molar-refractivity contribution in [1.29, 1.82) is 0 Å². The van der Waals surface area contributed by atoms with Gasteiger partial charge in [-0.2, -0.15) is 10.2 Å². The number of amides is 1. The van der Waals surface area contributed by atoms with Crippen molar-refractivity contribution in [2.75, 3.05) is 7.11 Å². The second-order valence-corrected chi connectivity index (χ2v) is 5.90. The molecule has 0 saturated heterocycles. The SMILES string of the molecule is COc1ccc(-c2cc3c(=O)n(CC(=O)NC(C)C)ncn3n2)cc1. The molecule has 3 rings (SSSR count). The molecule has 0 fully saturated rings. The van der Waals surface area contributed by atoms with E-state index in [1.165, 1.54) is 10.8 Å². The van der Waals surface area contributed by atoms with E-state index in [0.29, 0.717) is 11.2 Å². The molecule has 0 bridgehead atoms. The lowest BCUT2D eigenvalue weighted by molar-refractivity contribution is -0.122. The number of carbonyl (C=O) groups is 1. The number of fused-ring (bicyclic) bond motifs is 1. The summed E-state index contributed by atoms with van der Waals surface area (Å²) in [5.41, 5.74) is 1.49. The maximum atomic E-state index is 12.5. The molecule has 8 heteroatoms. The third-order valence-electron chi connectivity index (χ3n) is 3.62. The molecule has 0 aliphatic rings. The highest BCUT2D eigenvalue weighted by atomic mass is 16.5. The Hall–Kier alpha value is -3.16. The summed E-state index contributed by atoms with van der Waals surface area (Å²) >= 11 is 0. The van der Waals surface area contributed by atoms with Crippen molar-refractivity contribution in [1.82, 2.24) is 24.7 Å². The summed E-state index contributed by atoms with van der Waals surface area (Å²) in [4.78, 5) is 24.4. The first-order chi connectivity index (χ1) is 12.0. The standard InChI is InChI=1S/C17H19N5O3/c1-11(2)19-16(23)9-21-17(24)15-8-14(20-22(15)10-18-21)12-4-6-13(25-3)7-5-12/h4-8,10-11H,9H2,1-3H3,(H,19,23). The van der Waals surface area contributed by atoms with Gasteiger partial charge in [0.1, 0.15) is 24.1 Å². The summed E-state index contributed by atoms with van der Waals surface area (Å²) in [6.45, 7) is 3.58. The summed E-state index contributed by atoms with van der Waals surface area (Å²) in [7, 11) is 1.60. The Kier molecular flexibility index (Phi) is 4.51. The molecule has 25 heavy (non-hydrogen) atoms. The summed E-state index contributed by atoms with van der Waals surface area (Å²) < 4.78 is 7.68. The molecule has 0 aliphatic heterocycles. The Morgan fingerprint density at radius 1 is 1.28 bits per heavy atom. The lowest BCUT2D eigenvalue weighted by Crippen LogP contribution is -2.37. The van der Waals surface area contributed by atoms with E-state index in [-0.39, 0.29) is 24.1 Å². The molecule has 2 aromatic heterocycles. The lowest BCUT2D eigenvalue weighted by Gasteiger charge is -2.08. The van der Waals surface area contributed by atoms with Crippen LogP contribution in [-0.2, 0) is 11.3 Å². The van der Waals surface area contributed by atoms with E-state index in [1.807, 2.05) is 38.1 Å². The number of methoxy groups -OCH3 is 1. The number of aromatic nitrogens is 4. The zero-order valence-corrected chi connectivity index (χ0v) is 14.3. The highest BCUT2D eigenvalue weighted by Crippen LogP contribution is 2.21. The number of benzene rings is 1. The largest absolute Gasteiger partial charge is 0.497 e. The van der Waals surface area contributed by atoms with Crippen LogP contribution in [0.5, 0.6) is 5.75 Å². The fraction of sp³-hybridized carbons (Fsp3) is 0.294. The highest BCUT2D eigenvalue weighted by molar-refractivity contribution is 5.76. The second kappa shape index (κ2) is 6.76. The van der Waals surface area contributed by atoms with Crippen molar-refractivity contribution in [3.63, 3.8) is 0 Å². The molecule has 1 N–H and O–H groups in total. The number of rotatable bonds is 5. The van der Waals surface area contributed by atoms with E-state index in [4.69, 9.17) is 4.74 Å². The number of nitrogens with one attached hydrogen (secondary N) is 1. The van der Waals surface area contributed by atoms with Crippen molar-refractivity contribution in [2.45, 2.75) is 26.4 Å². The first-order valence-corrected chi connectivity index (χ1v) is 7.87. The minimum atomic E-state index is -0.367. The Bertz CT molecular complexity index is 957. The number of nitrogens with zero attached hydrogens (tertiary/aromatic N) is 4. The normalized spacial score (nSPS) is 11.0. The molecule has 0 atom stereocenters. The monoisotopic (exact) mass is 341 g/mol. The van der Waals surface area contributed by atoms with Gasteiger partial charge in [0.2, 0.25) is 5.91 Å². The van der Waals surface area contributed by atoms with E-state index in [0.717, 1.165) is 16.0 Å². The molecule has 130 valence electrons. The maximum absolute atomic E-state index is 12.5. The number of hydrogen-bond acceptors (Lipinski definition) is 5. The molecule has 0 spiro atoms. The average molecular weight is 341 g/mol. The van der Waals surface area contributed by atoms with Crippen molar-refractivity contribution >= 4 is 11.4 Å². The van der Waals surface area contributed by atoms with Gasteiger partial charge in [0, 0.05) is 11.6 Å². The Morgan fingerprint density at radius 3 is 2.64 bits per heavy atom. The summed E-state index contributed by atoms with van der Waals surface area (Å²) in [5.74, 6) is 0.483. The van der Waals surface area contributed by atoms with Gasteiger partial charge in [0.25, 0.3) is 5.56 Å². The van der Waals surface area contributed by atoms with Gasteiger partial charge in [0.15, 0.2) is 0 Å². The Labute approximate surface area is 144 Å². The fourth-order valence-electron chi connectivity index (χ4n) is 2.46. The molecule has 1 aromatic carbocycles. The van der Waals surface area contributed by atoms with Gasteiger partial charge in [-0.3, -0.25) is 9.59 Å². The predicted octanol–water partition coefficient (Wildman–Crippen LogP) is 1.09. The third kappa shape index (κ3) is 3.52. The average Bonchev–Trinajstić information content (AvgIpc) is 3.02. The van der Waals surface area contributed by atoms with Crippen LogP contribution >= 0.6 is 0 Å². The molecule has 3 aromatic rings. The maximum Gasteiger partial charge on any atom is 0.293 e. The molecule has 0 radical (unpaired) electrons. The fourth-order valence-corrected chi connectivity index (χ4v) is 2.46. The summed E-state index contributed by atoms with van der Waals surface area (Å²) in [6.07, 6.45) is 1.42. The zero-order valence-electron chi connectivity index (χ0n) is 14.3. The minimum absolute atomic E-state index is 0.00331. The number of hydrogen-bond donors (Lipinski definition) is 1. The van der Waals surface area contributed by atoms with Crippen LogP contribution in [0, 0.1) is 0 Å². The predicted molar refractivity (Wildman–Crippen MR) is 92.5 cm³/mol. The minimum Gasteiger partial charge on any atom is -0.497 e. The quantitative estimate of drug-likeness (QED) is 0.750. The summed E-state index contributed by atoms with van der Waals surface area (Å²) in [5, 5.41) is 11.1. The van der Waals surface area contributed by atoms with Crippen molar-refractivity contribution in [3.05, 3.63) is 47.0 Å². The van der Waals surface area contributed by atoms with Crippen LogP contribution in [0.25, 0.3) is 16.8 Å². The molecule has 2 heterocycles. The van der Waals surface area contributed by atoms with Crippen LogP contribution in [-0.4, -0.2) is 38.5 Å². The van der Waals surface area contributed by atoms with Crippen LogP contribution in [0.2, 0.25) is 0 Å². The van der Waals surface area contributed by atoms with E-state index < -0.39 is 0 Å². The topological polar surface area (TPSA) is 90.5 Å². The molecular weight excluding hydrogens is 322 g/mol. The van der Waals surface area contributed by atoms with Crippen molar-refractivity contribution in [2.24, 2.45) is 0 Å². The van der Waals surface area contributed by atoms with Crippen molar-refractivity contribution < 1.29 is 9.53 Å². The van der Waals surface area contributed by atoms with Gasteiger partial charge in [-0.15, -0.1) is 0 Å². The Balaban J connectivity index is 1.93. The molecule has 1 amide bonds.